The first kappa shape index (κ1) is 18.8. The van der Waals surface area contributed by atoms with Crippen LogP contribution in [-0.4, -0.2) is 38.1 Å². The van der Waals surface area contributed by atoms with E-state index in [0.717, 1.165) is 35.7 Å². The molecule has 3 rings (SSSR count). The number of para-hydroxylation sites is 2. The van der Waals surface area contributed by atoms with E-state index in [1.165, 1.54) is 0 Å². The van der Waals surface area contributed by atoms with Crippen LogP contribution in [0.25, 0.3) is 0 Å². The highest BCUT2D eigenvalue weighted by Gasteiger charge is 2.25. The van der Waals surface area contributed by atoms with Crippen LogP contribution >= 0.6 is 0 Å². The third kappa shape index (κ3) is 4.22. The molecule has 6 heteroatoms. The molecule has 27 heavy (non-hydrogen) atoms. The molecule has 0 spiro atoms. The quantitative estimate of drug-likeness (QED) is 0.627. The van der Waals surface area contributed by atoms with Crippen LogP contribution in [0.1, 0.15) is 19.4 Å². The van der Waals surface area contributed by atoms with Gasteiger partial charge in [0.05, 0.1) is 12.2 Å². The van der Waals surface area contributed by atoms with Crippen LogP contribution < -0.4 is 19.9 Å². The highest BCUT2D eigenvalue weighted by molar-refractivity contribution is 5.97. The van der Waals surface area contributed by atoms with Crippen LogP contribution in [0.15, 0.2) is 42.5 Å². The first-order valence-corrected chi connectivity index (χ1v) is 9.22. The standard InChI is InChI=1S/C21H25N3O3/c1-4-23(5-2)16-10-11-17(15(3)12-16)22-20(25)13-24-14-21(26)27-19-9-7-6-8-18(19)24/h6-12H,4-5,13-14H2,1-3H3,(H,22,25). The van der Waals surface area contributed by atoms with Gasteiger partial charge in [-0.15, -0.1) is 0 Å². The monoisotopic (exact) mass is 367 g/mol. The number of benzene rings is 2. The minimum Gasteiger partial charge on any atom is -0.423 e. The number of ether oxygens (including phenoxy) is 1. The number of fused-ring (bicyclic) bond motifs is 1. The number of amides is 1. The molecule has 1 aliphatic heterocycles. The summed E-state index contributed by atoms with van der Waals surface area (Å²) in [5.74, 6) is -0.0410. The van der Waals surface area contributed by atoms with Crippen LogP contribution in [-0.2, 0) is 9.59 Å². The zero-order valence-corrected chi connectivity index (χ0v) is 16.0. The number of rotatable bonds is 6. The van der Waals surface area contributed by atoms with Crippen molar-refractivity contribution in [3.63, 3.8) is 0 Å². The summed E-state index contributed by atoms with van der Waals surface area (Å²) in [6, 6.07) is 13.3. The Bertz CT molecular complexity index is 846. The van der Waals surface area contributed by atoms with Crippen molar-refractivity contribution in [1.29, 1.82) is 0 Å². The van der Waals surface area contributed by atoms with Crippen LogP contribution in [0.3, 0.4) is 0 Å². The number of aryl methyl sites for hydroxylation is 1. The first-order valence-electron chi connectivity index (χ1n) is 9.22. The lowest BCUT2D eigenvalue weighted by molar-refractivity contribution is -0.133. The minimum absolute atomic E-state index is 0.0598. The van der Waals surface area contributed by atoms with Crippen LogP contribution in [0.4, 0.5) is 17.1 Å². The van der Waals surface area contributed by atoms with Gasteiger partial charge in [0.1, 0.15) is 6.54 Å². The number of hydrogen-bond donors (Lipinski definition) is 1. The highest BCUT2D eigenvalue weighted by Crippen LogP contribution is 2.31. The second kappa shape index (κ2) is 8.12. The summed E-state index contributed by atoms with van der Waals surface area (Å²) in [7, 11) is 0. The van der Waals surface area contributed by atoms with Gasteiger partial charge in [-0.25, -0.2) is 4.79 Å². The molecule has 0 bridgehead atoms. The van der Waals surface area contributed by atoms with E-state index < -0.39 is 0 Å². The van der Waals surface area contributed by atoms with Gasteiger partial charge in [-0.05, 0) is 56.7 Å². The SMILES string of the molecule is CCN(CC)c1ccc(NC(=O)CN2CC(=O)Oc3ccccc32)c(C)c1. The maximum atomic E-state index is 12.6. The van der Waals surface area contributed by atoms with Gasteiger partial charge in [-0.1, -0.05) is 12.1 Å². The molecule has 0 saturated heterocycles. The number of esters is 1. The lowest BCUT2D eigenvalue weighted by Crippen LogP contribution is -2.41. The van der Waals surface area contributed by atoms with Gasteiger partial charge in [-0.3, -0.25) is 4.79 Å². The Labute approximate surface area is 159 Å². The summed E-state index contributed by atoms with van der Waals surface area (Å²) in [5.41, 5.74) is 3.68. The lowest BCUT2D eigenvalue weighted by atomic mass is 10.1. The maximum absolute atomic E-state index is 12.6. The molecule has 0 aliphatic carbocycles. The molecule has 1 amide bonds. The number of carbonyl (C=O) groups excluding carboxylic acids is 2. The zero-order valence-electron chi connectivity index (χ0n) is 16.0. The second-order valence-corrected chi connectivity index (χ2v) is 6.52. The molecule has 0 fully saturated rings. The number of nitrogens with zero attached hydrogens (tertiary/aromatic N) is 2. The normalized spacial score (nSPS) is 13.0. The molecule has 1 heterocycles. The van der Waals surface area contributed by atoms with Crippen molar-refractivity contribution < 1.29 is 14.3 Å². The number of nitrogens with one attached hydrogen (secondary N) is 1. The largest absolute Gasteiger partial charge is 0.423 e. The van der Waals surface area contributed by atoms with Crippen LogP contribution in [0.2, 0.25) is 0 Å². The van der Waals surface area contributed by atoms with Gasteiger partial charge in [-0.2, -0.15) is 0 Å². The van der Waals surface area contributed by atoms with Crippen LogP contribution in [0.5, 0.6) is 5.75 Å². The Morgan fingerprint density at radius 2 is 1.93 bits per heavy atom. The number of hydrogen-bond acceptors (Lipinski definition) is 5. The van der Waals surface area contributed by atoms with E-state index in [9.17, 15) is 9.59 Å². The fourth-order valence-electron chi connectivity index (χ4n) is 3.28. The summed E-state index contributed by atoms with van der Waals surface area (Å²) in [6.07, 6.45) is 0. The van der Waals surface area contributed by atoms with Crippen molar-refractivity contribution in [2.45, 2.75) is 20.8 Å². The molecule has 2 aromatic rings. The molecule has 6 nitrogen and oxygen atoms in total. The summed E-state index contributed by atoms with van der Waals surface area (Å²) in [4.78, 5) is 28.3. The Kier molecular flexibility index (Phi) is 5.64. The van der Waals surface area contributed by atoms with Gasteiger partial charge in [0.15, 0.2) is 5.75 Å². The minimum atomic E-state index is -0.360. The van der Waals surface area contributed by atoms with E-state index in [4.69, 9.17) is 4.74 Å². The van der Waals surface area contributed by atoms with E-state index in [1.54, 1.807) is 17.0 Å². The van der Waals surface area contributed by atoms with Crippen LogP contribution in [0, 0.1) is 6.92 Å². The fourth-order valence-corrected chi connectivity index (χ4v) is 3.28. The Morgan fingerprint density at radius 1 is 1.19 bits per heavy atom. The van der Waals surface area contributed by atoms with Crippen molar-refractivity contribution in [3.05, 3.63) is 48.0 Å². The van der Waals surface area contributed by atoms with Gasteiger partial charge >= 0.3 is 5.97 Å². The van der Waals surface area contributed by atoms with Gasteiger partial charge in [0.2, 0.25) is 5.91 Å². The summed E-state index contributed by atoms with van der Waals surface area (Å²) >= 11 is 0. The Hall–Kier alpha value is -3.02. The summed E-state index contributed by atoms with van der Waals surface area (Å²) in [5, 5.41) is 2.95. The van der Waals surface area contributed by atoms with E-state index in [1.807, 2.05) is 31.2 Å². The Morgan fingerprint density at radius 3 is 2.63 bits per heavy atom. The number of carbonyl (C=O) groups is 2. The van der Waals surface area contributed by atoms with Gasteiger partial charge < -0.3 is 19.9 Å². The van der Waals surface area contributed by atoms with E-state index in [2.05, 4.69) is 30.1 Å². The molecule has 0 saturated carbocycles. The molecule has 0 aromatic heterocycles. The fraction of sp³-hybridized carbons (Fsp3) is 0.333. The van der Waals surface area contributed by atoms with E-state index in [-0.39, 0.29) is 25.0 Å². The van der Waals surface area contributed by atoms with Crippen molar-refractivity contribution >= 4 is 28.9 Å². The second-order valence-electron chi connectivity index (χ2n) is 6.52. The molecule has 0 radical (unpaired) electrons. The molecular formula is C21H25N3O3. The third-order valence-corrected chi connectivity index (χ3v) is 4.70. The lowest BCUT2D eigenvalue weighted by Gasteiger charge is -2.29. The van der Waals surface area contributed by atoms with Crippen molar-refractivity contribution in [2.24, 2.45) is 0 Å². The molecule has 1 N–H and O–H groups in total. The molecular weight excluding hydrogens is 342 g/mol. The zero-order chi connectivity index (χ0) is 19.4. The van der Waals surface area contributed by atoms with E-state index in [0.29, 0.717) is 5.75 Å². The molecule has 142 valence electrons. The number of anilines is 3. The highest BCUT2D eigenvalue weighted by atomic mass is 16.5. The first-order chi connectivity index (χ1) is 13.0. The van der Waals surface area contributed by atoms with Crippen molar-refractivity contribution in [3.8, 4) is 5.75 Å². The Balaban J connectivity index is 1.71. The molecule has 2 aromatic carbocycles. The van der Waals surface area contributed by atoms with Gasteiger partial charge in [0, 0.05) is 24.5 Å². The summed E-state index contributed by atoms with van der Waals surface area (Å²) < 4.78 is 5.22. The predicted octanol–water partition coefficient (Wildman–Crippen LogP) is 3.21. The topological polar surface area (TPSA) is 61.9 Å². The average Bonchev–Trinajstić information content (AvgIpc) is 2.64. The van der Waals surface area contributed by atoms with Gasteiger partial charge in [0.25, 0.3) is 0 Å². The average molecular weight is 367 g/mol. The smallest absolute Gasteiger partial charge is 0.331 e. The maximum Gasteiger partial charge on any atom is 0.331 e. The molecule has 0 unspecified atom stereocenters. The third-order valence-electron chi connectivity index (χ3n) is 4.70. The van der Waals surface area contributed by atoms with Crippen molar-refractivity contribution in [2.75, 3.05) is 41.3 Å². The molecule has 1 aliphatic rings. The van der Waals surface area contributed by atoms with E-state index >= 15 is 0 Å². The van der Waals surface area contributed by atoms with Crippen molar-refractivity contribution in [1.82, 2.24) is 0 Å². The predicted molar refractivity (Wildman–Crippen MR) is 108 cm³/mol. The summed E-state index contributed by atoms with van der Waals surface area (Å²) in [6.45, 7) is 8.24. The molecule has 0 atom stereocenters.